The van der Waals surface area contributed by atoms with Gasteiger partial charge in [-0.15, -0.1) is 0 Å². The molecule has 19 heavy (non-hydrogen) atoms. The fourth-order valence-electron chi connectivity index (χ4n) is 1.97. The van der Waals surface area contributed by atoms with Crippen molar-refractivity contribution in [2.24, 2.45) is 0 Å². The molecule has 0 unspecified atom stereocenters. The van der Waals surface area contributed by atoms with Crippen molar-refractivity contribution in [2.45, 2.75) is 38.8 Å². The summed E-state index contributed by atoms with van der Waals surface area (Å²) in [5, 5.41) is 2.90. The fraction of sp³-hybridized carbons (Fsp3) is 0.500. The first-order valence-electron chi connectivity index (χ1n) is 6.27. The van der Waals surface area contributed by atoms with E-state index in [2.05, 4.69) is 21.2 Å². The maximum absolute atomic E-state index is 11.8. The van der Waals surface area contributed by atoms with Crippen molar-refractivity contribution in [3.63, 3.8) is 0 Å². The van der Waals surface area contributed by atoms with Gasteiger partial charge in [-0.2, -0.15) is 0 Å². The predicted octanol–water partition coefficient (Wildman–Crippen LogP) is 3.80. The van der Waals surface area contributed by atoms with Crippen LogP contribution in [0.2, 0.25) is 0 Å². The summed E-state index contributed by atoms with van der Waals surface area (Å²) in [5.41, 5.74) is 0.488. The molecule has 1 amide bonds. The summed E-state index contributed by atoms with van der Waals surface area (Å²) in [6, 6.07) is 5.73. The zero-order valence-electron chi connectivity index (χ0n) is 11.3. The minimum absolute atomic E-state index is 0.0731. The molecule has 0 radical (unpaired) electrons. The summed E-state index contributed by atoms with van der Waals surface area (Å²) >= 11 is 3.43. The number of nitrogens with one attached hydrogen (secondary N) is 1. The standard InChI is InChI=1S/C14H18BrNO3/c1-14(2,3)19-13(17)16-11-6-7-18-12-5-4-9(15)8-10(11)12/h4-5,8,11H,6-7H2,1-3H3,(H,16,17)/t11-/m0/s1. The molecule has 0 fully saturated rings. The van der Waals surface area contributed by atoms with E-state index in [1.165, 1.54) is 0 Å². The SMILES string of the molecule is CC(C)(C)OC(=O)N[C@H]1CCOc2ccc(Br)cc21. The average molecular weight is 328 g/mol. The van der Waals surface area contributed by atoms with Crippen LogP contribution < -0.4 is 10.1 Å². The topological polar surface area (TPSA) is 47.6 Å². The highest BCUT2D eigenvalue weighted by Gasteiger charge is 2.25. The van der Waals surface area contributed by atoms with Crippen LogP contribution >= 0.6 is 15.9 Å². The second-order valence-electron chi connectivity index (χ2n) is 5.52. The first kappa shape index (κ1) is 14.2. The first-order valence-corrected chi connectivity index (χ1v) is 7.06. The van der Waals surface area contributed by atoms with Crippen molar-refractivity contribution in [2.75, 3.05) is 6.61 Å². The molecule has 0 aliphatic carbocycles. The highest BCUT2D eigenvalue weighted by molar-refractivity contribution is 9.10. The highest BCUT2D eigenvalue weighted by Crippen LogP contribution is 2.34. The van der Waals surface area contributed by atoms with Gasteiger partial charge in [0.05, 0.1) is 12.6 Å². The number of rotatable bonds is 1. The number of halogens is 1. The minimum atomic E-state index is -0.491. The molecule has 1 N–H and O–H groups in total. The lowest BCUT2D eigenvalue weighted by Gasteiger charge is -2.28. The Labute approximate surface area is 121 Å². The third-order valence-electron chi connectivity index (χ3n) is 2.70. The summed E-state index contributed by atoms with van der Waals surface area (Å²) < 4.78 is 11.8. The summed E-state index contributed by atoms with van der Waals surface area (Å²) in [6.07, 6.45) is 0.341. The Morgan fingerprint density at radius 2 is 2.21 bits per heavy atom. The molecule has 0 saturated carbocycles. The lowest BCUT2D eigenvalue weighted by Crippen LogP contribution is -2.36. The molecule has 1 aromatic carbocycles. The van der Waals surface area contributed by atoms with E-state index in [0.717, 1.165) is 22.2 Å². The number of fused-ring (bicyclic) bond motifs is 1. The van der Waals surface area contributed by atoms with Crippen LogP contribution in [-0.4, -0.2) is 18.3 Å². The van der Waals surface area contributed by atoms with Crippen LogP contribution in [0, 0.1) is 0 Å². The molecule has 4 nitrogen and oxygen atoms in total. The molecule has 1 atom stereocenters. The number of amides is 1. The van der Waals surface area contributed by atoms with Gasteiger partial charge in [0.2, 0.25) is 0 Å². The Bertz CT molecular complexity index is 482. The Kier molecular flexibility index (Phi) is 4.04. The summed E-state index contributed by atoms with van der Waals surface area (Å²) in [5.74, 6) is 0.815. The average Bonchev–Trinajstić information content (AvgIpc) is 2.27. The van der Waals surface area contributed by atoms with Crippen molar-refractivity contribution < 1.29 is 14.3 Å². The van der Waals surface area contributed by atoms with Crippen molar-refractivity contribution in [1.82, 2.24) is 5.32 Å². The smallest absolute Gasteiger partial charge is 0.408 e. The zero-order chi connectivity index (χ0) is 14.0. The van der Waals surface area contributed by atoms with E-state index in [-0.39, 0.29) is 6.04 Å². The number of ether oxygens (including phenoxy) is 2. The van der Waals surface area contributed by atoms with Crippen LogP contribution in [0.25, 0.3) is 0 Å². The molecule has 5 heteroatoms. The van der Waals surface area contributed by atoms with Gasteiger partial charge in [-0.05, 0) is 39.0 Å². The normalized spacial score (nSPS) is 18.2. The number of carbonyl (C=O) groups is 1. The van der Waals surface area contributed by atoms with E-state index in [1.54, 1.807) is 0 Å². The Morgan fingerprint density at radius 3 is 2.89 bits per heavy atom. The Balaban J connectivity index is 2.11. The molecule has 0 aromatic heterocycles. The molecule has 104 valence electrons. The van der Waals surface area contributed by atoms with Gasteiger partial charge >= 0.3 is 6.09 Å². The lowest BCUT2D eigenvalue weighted by molar-refractivity contribution is 0.0491. The first-order chi connectivity index (χ1) is 8.85. The van der Waals surface area contributed by atoms with E-state index in [0.29, 0.717) is 6.61 Å². The van der Waals surface area contributed by atoms with Crippen molar-refractivity contribution in [3.05, 3.63) is 28.2 Å². The van der Waals surface area contributed by atoms with Crippen LogP contribution in [0.4, 0.5) is 4.79 Å². The van der Waals surface area contributed by atoms with Gasteiger partial charge in [0.1, 0.15) is 11.4 Å². The summed E-state index contributed by atoms with van der Waals surface area (Å²) in [4.78, 5) is 11.8. The molecule has 1 aliphatic heterocycles. The molecule has 1 heterocycles. The number of hydrogen-bond donors (Lipinski definition) is 1. The second kappa shape index (κ2) is 5.41. The van der Waals surface area contributed by atoms with Gasteiger partial charge in [-0.1, -0.05) is 15.9 Å². The molecule has 0 bridgehead atoms. The van der Waals surface area contributed by atoms with Crippen LogP contribution in [0.5, 0.6) is 5.75 Å². The maximum atomic E-state index is 11.8. The lowest BCUT2D eigenvalue weighted by atomic mass is 10.0. The molecule has 0 saturated heterocycles. The number of carbonyl (C=O) groups excluding carboxylic acids is 1. The van der Waals surface area contributed by atoms with Gasteiger partial charge < -0.3 is 14.8 Å². The predicted molar refractivity (Wildman–Crippen MR) is 76.4 cm³/mol. The van der Waals surface area contributed by atoms with Crippen LogP contribution in [0.3, 0.4) is 0 Å². The van der Waals surface area contributed by atoms with Crippen LogP contribution in [0.1, 0.15) is 38.8 Å². The third kappa shape index (κ3) is 3.86. The van der Waals surface area contributed by atoms with Crippen molar-refractivity contribution >= 4 is 22.0 Å². The second-order valence-corrected chi connectivity index (χ2v) is 6.43. The Morgan fingerprint density at radius 1 is 1.47 bits per heavy atom. The van der Waals surface area contributed by atoms with Crippen LogP contribution in [0.15, 0.2) is 22.7 Å². The summed E-state index contributed by atoms with van der Waals surface area (Å²) in [7, 11) is 0. The van der Waals surface area contributed by atoms with Gasteiger partial charge in [0.15, 0.2) is 0 Å². The molecule has 2 rings (SSSR count). The highest BCUT2D eigenvalue weighted by atomic mass is 79.9. The largest absolute Gasteiger partial charge is 0.493 e. The van der Waals surface area contributed by atoms with Gasteiger partial charge in [-0.3, -0.25) is 0 Å². The molecule has 1 aliphatic rings. The molecular weight excluding hydrogens is 310 g/mol. The summed E-state index contributed by atoms with van der Waals surface area (Å²) in [6.45, 7) is 6.14. The van der Waals surface area contributed by atoms with E-state index in [1.807, 2.05) is 39.0 Å². The third-order valence-corrected chi connectivity index (χ3v) is 3.20. The molecule has 1 aromatic rings. The van der Waals surface area contributed by atoms with Gasteiger partial charge in [0, 0.05) is 16.5 Å². The number of benzene rings is 1. The van der Waals surface area contributed by atoms with E-state index < -0.39 is 11.7 Å². The number of alkyl carbamates (subject to hydrolysis) is 1. The van der Waals surface area contributed by atoms with Gasteiger partial charge in [0.25, 0.3) is 0 Å². The monoisotopic (exact) mass is 327 g/mol. The van der Waals surface area contributed by atoms with Gasteiger partial charge in [-0.25, -0.2) is 4.79 Å². The van der Waals surface area contributed by atoms with E-state index in [9.17, 15) is 4.79 Å². The maximum Gasteiger partial charge on any atom is 0.408 e. The molecule has 0 spiro atoms. The van der Waals surface area contributed by atoms with E-state index in [4.69, 9.17) is 9.47 Å². The molecular formula is C14H18BrNO3. The van der Waals surface area contributed by atoms with E-state index >= 15 is 0 Å². The quantitative estimate of drug-likeness (QED) is 0.853. The zero-order valence-corrected chi connectivity index (χ0v) is 12.9. The van der Waals surface area contributed by atoms with Crippen LogP contribution in [-0.2, 0) is 4.74 Å². The minimum Gasteiger partial charge on any atom is -0.493 e. The number of hydrogen-bond acceptors (Lipinski definition) is 3. The van der Waals surface area contributed by atoms with Crippen molar-refractivity contribution in [1.29, 1.82) is 0 Å². The van der Waals surface area contributed by atoms with Crippen molar-refractivity contribution in [3.8, 4) is 5.75 Å². The fourth-order valence-corrected chi connectivity index (χ4v) is 2.34. The Hall–Kier alpha value is -1.23.